The van der Waals surface area contributed by atoms with Crippen molar-refractivity contribution in [2.45, 2.75) is 5.33 Å². The molecule has 0 unspecified atom stereocenters. The van der Waals surface area contributed by atoms with E-state index in [0.717, 1.165) is 16.0 Å². The molecule has 0 radical (unpaired) electrons. The van der Waals surface area contributed by atoms with E-state index < -0.39 is 0 Å². The minimum atomic E-state index is 0.724. The van der Waals surface area contributed by atoms with E-state index in [2.05, 4.69) is 20.9 Å². The predicted octanol–water partition coefficient (Wildman–Crippen LogP) is 2.56. The Balaban J connectivity index is 2.92. The van der Waals surface area contributed by atoms with E-state index in [1.54, 1.807) is 0 Å². The first-order chi connectivity index (χ1) is 3.84. The van der Waals surface area contributed by atoms with Crippen molar-refractivity contribution >= 4 is 27.5 Å². The molecule has 0 fully saturated rings. The quantitative estimate of drug-likeness (QED) is 0.662. The van der Waals surface area contributed by atoms with Gasteiger partial charge in [0.25, 0.3) is 0 Å². The van der Waals surface area contributed by atoms with E-state index in [1.165, 1.54) is 0 Å². The van der Waals surface area contributed by atoms with Crippen molar-refractivity contribution in [2.75, 3.05) is 0 Å². The second-order valence-electron chi connectivity index (χ2n) is 1.45. The lowest BCUT2D eigenvalue weighted by molar-refractivity contribution is 1.38. The summed E-state index contributed by atoms with van der Waals surface area (Å²) < 4.78 is 0. The van der Waals surface area contributed by atoms with Crippen molar-refractivity contribution in [3.8, 4) is 0 Å². The number of hydrogen-bond donors (Lipinski definition) is 1. The van der Waals surface area contributed by atoms with Gasteiger partial charge >= 0.3 is 0 Å². The molecule has 0 atom stereocenters. The molecule has 0 bridgehead atoms. The van der Waals surface area contributed by atoms with Gasteiger partial charge in [-0.1, -0.05) is 27.5 Å². The lowest BCUT2D eigenvalue weighted by Crippen LogP contribution is -1.69. The van der Waals surface area contributed by atoms with Gasteiger partial charge in [-0.05, 0) is 11.6 Å². The maximum atomic E-state index is 5.65. The largest absolute Gasteiger partial charge is 0.352 e. The van der Waals surface area contributed by atoms with Crippen LogP contribution < -0.4 is 0 Å². The van der Waals surface area contributed by atoms with Crippen molar-refractivity contribution < 1.29 is 0 Å². The van der Waals surface area contributed by atoms with Gasteiger partial charge in [-0.3, -0.25) is 0 Å². The third-order valence-electron chi connectivity index (χ3n) is 0.920. The number of aromatic nitrogens is 1. The lowest BCUT2D eigenvalue weighted by Gasteiger charge is -1.84. The molecular weight excluding hydrogens is 189 g/mol. The zero-order valence-electron chi connectivity index (χ0n) is 4.12. The molecule has 0 spiro atoms. The lowest BCUT2D eigenvalue weighted by atomic mass is 10.4. The Morgan fingerprint density at radius 1 is 1.75 bits per heavy atom. The number of nitrogens with one attached hydrogen (secondary N) is 1. The van der Waals surface area contributed by atoms with Crippen LogP contribution in [0, 0.1) is 0 Å². The van der Waals surface area contributed by atoms with Gasteiger partial charge in [0.2, 0.25) is 0 Å². The fourth-order valence-corrected chi connectivity index (χ4v) is 1.31. The highest BCUT2D eigenvalue weighted by atomic mass is 79.9. The van der Waals surface area contributed by atoms with Gasteiger partial charge in [-0.15, -0.1) is 0 Å². The molecule has 0 aliphatic rings. The van der Waals surface area contributed by atoms with Crippen molar-refractivity contribution in [3.63, 3.8) is 0 Å². The summed E-state index contributed by atoms with van der Waals surface area (Å²) in [5, 5.41) is 1.54. The first-order valence-electron chi connectivity index (χ1n) is 2.22. The smallest absolute Gasteiger partial charge is 0.110 e. The van der Waals surface area contributed by atoms with Crippen LogP contribution in [0.3, 0.4) is 0 Å². The van der Waals surface area contributed by atoms with Gasteiger partial charge in [0, 0.05) is 11.5 Å². The second kappa shape index (κ2) is 2.55. The zero-order chi connectivity index (χ0) is 5.98. The maximum absolute atomic E-state index is 5.65. The minimum Gasteiger partial charge on any atom is -0.352 e. The second-order valence-corrected chi connectivity index (χ2v) is 2.39. The fraction of sp³-hybridized carbons (Fsp3) is 0.200. The standard InChI is InChI=1S/C5H5BrClN/c6-3-4-1-2-8-5(4)7/h1-2,8H,3H2. The Labute approximate surface area is 61.2 Å². The van der Waals surface area contributed by atoms with Crippen LogP contribution in [0.15, 0.2) is 12.3 Å². The summed E-state index contributed by atoms with van der Waals surface area (Å²) in [6.07, 6.45) is 1.82. The predicted molar refractivity (Wildman–Crippen MR) is 38.4 cm³/mol. The molecule has 0 amide bonds. The molecular formula is C5H5BrClN. The Morgan fingerprint density at radius 2 is 2.50 bits per heavy atom. The highest BCUT2D eigenvalue weighted by Gasteiger charge is 1.94. The van der Waals surface area contributed by atoms with Gasteiger partial charge in [-0.25, -0.2) is 0 Å². The highest BCUT2D eigenvalue weighted by molar-refractivity contribution is 9.08. The summed E-state index contributed by atoms with van der Waals surface area (Å²) in [7, 11) is 0. The molecule has 1 N–H and O–H groups in total. The van der Waals surface area contributed by atoms with E-state index >= 15 is 0 Å². The van der Waals surface area contributed by atoms with Crippen LogP contribution in [0.4, 0.5) is 0 Å². The van der Waals surface area contributed by atoms with E-state index in [4.69, 9.17) is 11.6 Å². The van der Waals surface area contributed by atoms with Crippen LogP contribution in [0.5, 0.6) is 0 Å². The van der Waals surface area contributed by atoms with E-state index in [1.807, 2.05) is 12.3 Å². The third kappa shape index (κ3) is 1.06. The molecule has 3 heteroatoms. The average molecular weight is 194 g/mol. The van der Waals surface area contributed by atoms with Crippen LogP contribution in [0.25, 0.3) is 0 Å². The SMILES string of the molecule is Clc1[nH]ccc1CBr. The first kappa shape index (κ1) is 6.17. The Kier molecular flexibility index (Phi) is 1.97. The Morgan fingerprint density at radius 3 is 2.75 bits per heavy atom. The van der Waals surface area contributed by atoms with Crippen molar-refractivity contribution in [2.24, 2.45) is 0 Å². The number of alkyl halides is 1. The highest BCUT2D eigenvalue weighted by Crippen LogP contribution is 2.14. The van der Waals surface area contributed by atoms with Crippen LogP contribution in [-0.4, -0.2) is 4.98 Å². The van der Waals surface area contributed by atoms with Crippen LogP contribution in [0.2, 0.25) is 5.15 Å². The van der Waals surface area contributed by atoms with Crippen LogP contribution in [-0.2, 0) is 5.33 Å². The molecule has 1 aromatic heterocycles. The van der Waals surface area contributed by atoms with E-state index in [9.17, 15) is 0 Å². The van der Waals surface area contributed by atoms with Gasteiger partial charge in [0.15, 0.2) is 0 Å². The molecule has 1 nitrogen and oxygen atoms in total. The normalized spacial score (nSPS) is 9.75. The Bertz CT molecular complexity index is 173. The van der Waals surface area contributed by atoms with Crippen molar-refractivity contribution in [3.05, 3.63) is 23.0 Å². The van der Waals surface area contributed by atoms with Crippen LogP contribution >= 0.6 is 27.5 Å². The summed E-state index contributed by atoms with van der Waals surface area (Å²) in [4.78, 5) is 2.85. The molecule has 1 aromatic rings. The van der Waals surface area contributed by atoms with Gasteiger partial charge < -0.3 is 4.98 Å². The monoisotopic (exact) mass is 193 g/mol. The van der Waals surface area contributed by atoms with Gasteiger partial charge in [0.1, 0.15) is 5.15 Å². The number of aromatic amines is 1. The number of rotatable bonds is 1. The average Bonchev–Trinajstić information content (AvgIpc) is 2.14. The molecule has 44 valence electrons. The molecule has 0 saturated heterocycles. The van der Waals surface area contributed by atoms with E-state index in [-0.39, 0.29) is 0 Å². The maximum Gasteiger partial charge on any atom is 0.110 e. The number of hydrogen-bond acceptors (Lipinski definition) is 0. The van der Waals surface area contributed by atoms with Crippen molar-refractivity contribution in [1.82, 2.24) is 4.98 Å². The molecule has 0 saturated carbocycles. The summed E-state index contributed by atoms with van der Waals surface area (Å²) in [6.45, 7) is 0. The van der Waals surface area contributed by atoms with Crippen molar-refractivity contribution in [1.29, 1.82) is 0 Å². The Hall–Kier alpha value is 0.0500. The molecule has 0 aromatic carbocycles. The number of H-pyrrole nitrogens is 1. The van der Waals surface area contributed by atoms with Gasteiger partial charge in [-0.2, -0.15) is 0 Å². The summed E-state index contributed by atoms with van der Waals surface area (Å²) in [5.41, 5.74) is 1.10. The van der Waals surface area contributed by atoms with Gasteiger partial charge in [0.05, 0.1) is 0 Å². The zero-order valence-corrected chi connectivity index (χ0v) is 6.46. The minimum absolute atomic E-state index is 0.724. The topological polar surface area (TPSA) is 15.8 Å². The van der Waals surface area contributed by atoms with Crippen LogP contribution in [0.1, 0.15) is 5.56 Å². The molecule has 1 heterocycles. The molecule has 1 rings (SSSR count). The van der Waals surface area contributed by atoms with E-state index in [0.29, 0.717) is 0 Å². The number of halogens is 2. The first-order valence-corrected chi connectivity index (χ1v) is 3.72. The summed E-state index contributed by atoms with van der Waals surface area (Å²) in [5.74, 6) is 0. The summed E-state index contributed by atoms with van der Waals surface area (Å²) in [6, 6.07) is 1.94. The fourth-order valence-electron chi connectivity index (χ4n) is 0.484. The summed E-state index contributed by atoms with van der Waals surface area (Å²) >= 11 is 8.94. The third-order valence-corrected chi connectivity index (χ3v) is 1.88. The molecule has 8 heavy (non-hydrogen) atoms. The molecule has 0 aliphatic heterocycles. The molecule has 0 aliphatic carbocycles.